The Morgan fingerprint density at radius 2 is 1.96 bits per heavy atom. The number of benzene rings is 2. The van der Waals surface area contributed by atoms with Crippen LogP contribution < -0.4 is 5.32 Å². The number of fused-ring (bicyclic) bond motifs is 1. The zero-order valence-electron chi connectivity index (χ0n) is 14.3. The summed E-state index contributed by atoms with van der Waals surface area (Å²) in [5.74, 6) is -1.92. The van der Waals surface area contributed by atoms with Gasteiger partial charge in [0.1, 0.15) is 12.1 Å². The van der Waals surface area contributed by atoms with E-state index in [-0.39, 0.29) is 11.9 Å². The van der Waals surface area contributed by atoms with Crippen molar-refractivity contribution in [3.63, 3.8) is 0 Å². The van der Waals surface area contributed by atoms with Crippen LogP contribution in [0.25, 0.3) is 0 Å². The van der Waals surface area contributed by atoms with Crippen molar-refractivity contribution in [3.8, 4) is 0 Å². The summed E-state index contributed by atoms with van der Waals surface area (Å²) in [6.45, 7) is 0. The van der Waals surface area contributed by atoms with E-state index in [2.05, 4.69) is 11.4 Å². The number of rotatable bonds is 5. The Labute approximate surface area is 156 Å². The lowest BCUT2D eigenvalue weighted by molar-refractivity contribution is -0.128. The molecule has 6 nitrogen and oxygen atoms in total. The van der Waals surface area contributed by atoms with E-state index in [0.717, 1.165) is 16.0 Å². The zero-order chi connectivity index (χ0) is 18.1. The van der Waals surface area contributed by atoms with Crippen LogP contribution in [-0.2, 0) is 27.4 Å². The van der Waals surface area contributed by atoms with Gasteiger partial charge in [-0.1, -0.05) is 48.5 Å². The fraction of sp³-hybridized carbons (Fsp3) is 0.316. The summed E-state index contributed by atoms with van der Waals surface area (Å²) in [5.41, 5.74) is 2.12. The molecule has 0 bridgehead atoms. The smallest absolute Gasteiger partial charge is 0.343 e. The molecule has 2 aliphatic heterocycles. The highest BCUT2D eigenvalue weighted by Crippen LogP contribution is 2.35. The molecule has 0 aliphatic carbocycles. The van der Waals surface area contributed by atoms with Crippen LogP contribution in [0.15, 0.2) is 59.5 Å². The molecule has 2 heterocycles. The minimum absolute atomic E-state index is 0.164. The number of carbonyl (C=O) groups excluding carboxylic acids is 1. The quantitative estimate of drug-likeness (QED) is 0.474. The van der Waals surface area contributed by atoms with E-state index < -0.39 is 12.0 Å². The second-order valence-corrected chi connectivity index (χ2v) is 7.71. The third-order valence-electron chi connectivity index (χ3n) is 4.66. The Hall–Kier alpha value is -1.90. The molecule has 1 saturated heterocycles. The zero-order valence-corrected chi connectivity index (χ0v) is 15.1. The summed E-state index contributed by atoms with van der Waals surface area (Å²) in [6.07, 6.45) is 1.02. The Balaban J connectivity index is 1.48. The van der Waals surface area contributed by atoms with Gasteiger partial charge in [-0.2, -0.15) is 9.78 Å². The average molecular weight is 372 g/mol. The first kappa shape index (κ1) is 17.5. The Kier molecular flexibility index (Phi) is 4.73. The molecular weight excluding hydrogens is 352 g/mol. The predicted octanol–water partition coefficient (Wildman–Crippen LogP) is 1.89. The number of carbonyl (C=O) groups is 1. The molecule has 2 aromatic rings. The van der Waals surface area contributed by atoms with Crippen LogP contribution in [0.4, 0.5) is 0 Å². The lowest BCUT2D eigenvalue weighted by atomic mass is 10.0. The van der Waals surface area contributed by atoms with Gasteiger partial charge in [0.25, 0.3) is 0 Å². The molecule has 2 aliphatic rings. The summed E-state index contributed by atoms with van der Waals surface area (Å²) < 4.78 is 1.94. The van der Waals surface area contributed by atoms with E-state index in [0.29, 0.717) is 12.8 Å². The largest absolute Gasteiger partial charge is 0.358 e. The van der Waals surface area contributed by atoms with E-state index in [4.69, 9.17) is 9.78 Å². The van der Waals surface area contributed by atoms with E-state index in [1.807, 2.05) is 59.9 Å². The maximum Gasteiger partial charge on any atom is 0.358 e. The van der Waals surface area contributed by atoms with E-state index in [1.165, 1.54) is 0 Å². The Morgan fingerprint density at radius 3 is 2.69 bits per heavy atom. The number of amides is 1. The topological polar surface area (TPSA) is 77.6 Å². The van der Waals surface area contributed by atoms with Crippen molar-refractivity contribution in [1.82, 2.24) is 9.62 Å². The Morgan fingerprint density at radius 1 is 1.27 bits per heavy atom. The molecular formula is C19H20N2O4S. The number of hydrogen-bond donors (Lipinski definition) is 2. The third-order valence-corrected chi connectivity index (χ3v) is 5.80. The van der Waals surface area contributed by atoms with Crippen LogP contribution in [0.2, 0.25) is 0 Å². The average Bonchev–Trinajstić information content (AvgIpc) is 3.40. The molecule has 0 radical (unpaired) electrons. The summed E-state index contributed by atoms with van der Waals surface area (Å²) in [6, 6.07) is 16.7. The van der Waals surface area contributed by atoms with E-state index in [9.17, 15) is 9.90 Å². The highest BCUT2D eigenvalue weighted by molar-refractivity contribution is 7.97. The second kappa shape index (κ2) is 7.02. The van der Waals surface area contributed by atoms with Crippen molar-refractivity contribution in [2.24, 2.45) is 0 Å². The molecule has 2 N–H and O–H groups in total. The summed E-state index contributed by atoms with van der Waals surface area (Å²) >= 11 is 1.55. The molecule has 1 amide bonds. The first-order valence-corrected chi connectivity index (χ1v) is 9.25. The normalized spacial score (nSPS) is 22.3. The highest BCUT2D eigenvalue weighted by Gasteiger charge is 2.55. The second-order valence-electron chi connectivity index (χ2n) is 6.51. The maximum atomic E-state index is 12.9. The van der Waals surface area contributed by atoms with Gasteiger partial charge in [-0.3, -0.25) is 4.79 Å². The van der Waals surface area contributed by atoms with Gasteiger partial charge in [0, 0.05) is 11.3 Å². The van der Waals surface area contributed by atoms with Crippen molar-refractivity contribution in [2.45, 2.75) is 35.8 Å². The molecule has 0 aromatic heterocycles. The van der Waals surface area contributed by atoms with Crippen LogP contribution in [0.5, 0.6) is 0 Å². The molecule has 7 heteroatoms. The van der Waals surface area contributed by atoms with Gasteiger partial charge >= 0.3 is 5.97 Å². The number of nitrogens with zero attached hydrogens (tertiary/aromatic N) is 1. The van der Waals surface area contributed by atoms with Gasteiger partial charge < -0.3 is 10.4 Å². The van der Waals surface area contributed by atoms with Gasteiger partial charge in [-0.15, -0.1) is 0 Å². The van der Waals surface area contributed by atoms with Gasteiger partial charge in [-0.25, -0.2) is 4.31 Å². The van der Waals surface area contributed by atoms with Crippen LogP contribution in [0.1, 0.15) is 11.1 Å². The van der Waals surface area contributed by atoms with Gasteiger partial charge in [-0.05, 0) is 42.6 Å². The van der Waals surface area contributed by atoms with Crippen LogP contribution in [0.3, 0.4) is 0 Å². The van der Waals surface area contributed by atoms with Crippen LogP contribution in [0, 0.1) is 0 Å². The summed E-state index contributed by atoms with van der Waals surface area (Å²) in [5, 5.41) is 13.1. The standard InChI is InChI=1S/C19H20N2O4S/c1-21-15(12-14-9-5-6-10-16(14)26-21)18(22)20-17(19(23)24-25-19)11-13-7-3-2-4-8-13/h2-10,15,17,23H,11-12H2,1H3,(H,20,22)/t15?,17-/m0/s1. The number of likely N-dealkylation sites (N-methyl/N-ethyl adjacent to an activating group) is 1. The molecule has 26 heavy (non-hydrogen) atoms. The van der Waals surface area contributed by atoms with Crippen molar-refractivity contribution < 1.29 is 19.7 Å². The Bertz CT molecular complexity index is 797. The molecule has 136 valence electrons. The SMILES string of the molecule is CN1Sc2ccccc2CC1C(=O)N[C@@H](Cc1ccccc1)C1(O)OO1. The number of hydrogen-bond acceptors (Lipinski definition) is 6. The highest BCUT2D eigenvalue weighted by atomic mass is 32.2. The summed E-state index contributed by atoms with van der Waals surface area (Å²) in [4.78, 5) is 23.5. The maximum absolute atomic E-state index is 12.9. The minimum Gasteiger partial charge on any atom is -0.343 e. The lowest BCUT2D eigenvalue weighted by Gasteiger charge is -2.33. The van der Waals surface area contributed by atoms with Gasteiger partial charge in [0.2, 0.25) is 5.91 Å². The lowest BCUT2D eigenvalue weighted by Crippen LogP contribution is -2.53. The molecule has 0 spiro atoms. The fourth-order valence-corrected chi connectivity index (χ4v) is 4.14. The molecule has 0 saturated carbocycles. The molecule has 4 rings (SSSR count). The molecule has 1 fully saturated rings. The predicted molar refractivity (Wildman–Crippen MR) is 96.8 cm³/mol. The first-order valence-electron chi connectivity index (χ1n) is 8.47. The summed E-state index contributed by atoms with van der Waals surface area (Å²) in [7, 11) is 1.90. The molecule has 2 atom stereocenters. The van der Waals surface area contributed by atoms with E-state index in [1.54, 1.807) is 11.9 Å². The van der Waals surface area contributed by atoms with Crippen molar-refractivity contribution in [2.75, 3.05) is 7.05 Å². The molecule has 2 aromatic carbocycles. The van der Waals surface area contributed by atoms with Crippen molar-refractivity contribution >= 4 is 17.9 Å². The fourth-order valence-electron chi connectivity index (χ4n) is 3.12. The van der Waals surface area contributed by atoms with Gasteiger partial charge in [0.05, 0.1) is 0 Å². The minimum atomic E-state index is -1.76. The number of nitrogens with one attached hydrogen (secondary N) is 1. The van der Waals surface area contributed by atoms with Crippen LogP contribution in [-0.4, -0.2) is 40.4 Å². The molecule has 1 unspecified atom stereocenters. The number of aliphatic hydroxyl groups is 1. The monoisotopic (exact) mass is 372 g/mol. The van der Waals surface area contributed by atoms with Gasteiger partial charge in [0.15, 0.2) is 0 Å². The van der Waals surface area contributed by atoms with E-state index >= 15 is 0 Å². The first-order chi connectivity index (χ1) is 12.5. The van der Waals surface area contributed by atoms with Crippen molar-refractivity contribution in [3.05, 3.63) is 65.7 Å². The van der Waals surface area contributed by atoms with Crippen LogP contribution >= 0.6 is 11.9 Å². The van der Waals surface area contributed by atoms with Crippen molar-refractivity contribution in [1.29, 1.82) is 0 Å². The third kappa shape index (κ3) is 3.62.